The van der Waals surface area contributed by atoms with Gasteiger partial charge in [-0.1, -0.05) is 62.4 Å². The molecule has 1 aromatic rings. The van der Waals surface area contributed by atoms with Gasteiger partial charge in [0.2, 0.25) is 0 Å². The van der Waals surface area contributed by atoms with Crippen LogP contribution in [0.5, 0.6) is 0 Å². The molecule has 0 atom stereocenters. The molecule has 1 aliphatic carbocycles. The summed E-state index contributed by atoms with van der Waals surface area (Å²) in [5.41, 5.74) is 2.86. The van der Waals surface area contributed by atoms with Crippen LogP contribution < -0.4 is 0 Å². The topological polar surface area (TPSA) is 0 Å². The Morgan fingerprint density at radius 1 is 0.941 bits per heavy atom. The average molecular weight is 315 g/mol. The van der Waals surface area contributed by atoms with Gasteiger partial charge < -0.3 is 0 Å². The molecule has 1 aliphatic rings. The number of hydrogen-bond donors (Lipinski definition) is 0. The molecule has 0 nitrogen and oxygen atoms in total. The third-order valence-electron chi connectivity index (χ3n) is 2.69. The molecule has 1 heteroatoms. The Kier molecular flexibility index (Phi) is 8.99. The molecule has 0 aliphatic heterocycles. The van der Waals surface area contributed by atoms with E-state index in [1.54, 1.807) is 0 Å². The summed E-state index contributed by atoms with van der Waals surface area (Å²) >= 11 is 0. The van der Waals surface area contributed by atoms with Crippen LogP contribution in [0.15, 0.2) is 48.6 Å². The molecule has 0 N–H and O–H groups in total. The summed E-state index contributed by atoms with van der Waals surface area (Å²) in [6, 6.07) is 8.54. The third kappa shape index (κ3) is 6.59. The largest absolute Gasteiger partial charge is 0.0842 e. The van der Waals surface area contributed by atoms with Gasteiger partial charge in [0.1, 0.15) is 0 Å². The van der Waals surface area contributed by atoms with E-state index in [9.17, 15) is 0 Å². The summed E-state index contributed by atoms with van der Waals surface area (Å²) in [6.45, 7) is 6.61. The molecule has 0 spiro atoms. The monoisotopic (exact) mass is 316 g/mol. The maximum absolute atomic E-state index is 2.22. The van der Waals surface area contributed by atoms with Crippen LogP contribution in [0.3, 0.4) is 0 Å². The molecule has 0 saturated carbocycles. The second-order valence-electron chi connectivity index (χ2n) is 4.44. The van der Waals surface area contributed by atoms with Crippen molar-refractivity contribution in [3.8, 4) is 0 Å². The van der Waals surface area contributed by atoms with Crippen molar-refractivity contribution in [3.63, 3.8) is 0 Å². The fourth-order valence-corrected chi connectivity index (χ4v) is 1.78. The Morgan fingerprint density at radius 3 is 1.76 bits per heavy atom. The molecule has 0 radical (unpaired) electrons. The van der Waals surface area contributed by atoms with E-state index in [1.165, 1.54) is 24.0 Å². The fourth-order valence-electron chi connectivity index (χ4n) is 1.78. The average Bonchev–Trinajstić information content (AvgIpc) is 2.32. The minimum Gasteiger partial charge on any atom is -0.0842 e. The molecule has 0 saturated heterocycles. The van der Waals surface area contributed by atoms with Gasteiger partial charge in [0.05, 0.1) is 0 Å². The molecule has 0 aromatic heterocycles. The first-order valence-corrected chi connectivity index (χ1v) is 6.09. The van der Waals surface area contributed by atoms with E-state index in [0.29, 0.717) is 5.92 Å². The number of hydrogen-bond acceptors (Lipinski definition) is 0. The number of rotatable bonds is 1. The molecule has 1 aromatic carbocycles. The van der Waals surface area contributed by atoms with Crippen LogP contribution in [-0.4, -0.2) is 0 Å². The van der Waals surface area contributed by atoms with Gasteiger partial charge >= 0.3 is 0 Å². The van der Waals surface area contributed by atoms with E-state index in [2.05, 4.69) is 69.3 Å². The number of benzene rings is 1. The summed E-state index contributed by atoms with van der Waals surface area (Å²) in [4.78, 5) is 0. The summed E-state index contributed by atoms with van der Waals surface area (Å²) in [7, 11) is 0. The van der Waals surface area contributed by atoms with E-state index in [0.717, 1.165) is 0 Å². The Morgan fingerprint density at radius 2 is 1.47 bits per heavy atom. The van der Waals surface area contributed by atoms with E-state index >= 15 is 0 Å². The van der Waals surface area contributed by atoms with E-state index in [1.807, 2.05) is 0 Å². The van der Waals surface area contributed by atoms with Crippen LogP contribution in [0.4, 0.5) is 0 Å². The molecule has 0 heterocycles. The minimum atomic E-state index is 0. The SMILES string of the molecule is C1=CCCC=C1.Cc1ccccc1C(C)C.[Ru]. The first-order valence-electron chi connectivity index (χ1n) is 6.09. The van der Waals surface area contributed by atoms with Crippen molar-refractivity contribution in [3.05, 3.63) is 59.7 Å². The molecule has 0 fully saturated rings. The normalized spacial score (nSPS) is 12.7. The third-order valence-corrected chi connectivity index (χ3v) is 2.69. The van der Waals surface area contributed by atoms with Crippen LogP contribution in [0.2, 0.25) is 0 Å². The van der Waals surface area contributed by atoms with Crippen LogP contribution in [0.1, 0.15) is 43.7 Å². The Labute approximate surface area is 119 Å². The van der Waals surface area contributed by atoms with Gasteiger partial charge in [-0.15, -0.1) is 0 Å². The van der Waals surface area contributed by atoms with E-state index in [4.69, 9.17) is 0 Å². The predicted molar refractivity (Wildman–Crippen MR) is 72.8 cm³/mol. The van der Waals surface area contributed by atoms with Crippen molar-refractivity contribution < 1.29 is 19.5 Å². The van der Waals surface area contributed by atoms with Crippen molar-refractivity contribution in [1.82, 2.24) is 0 Å². The van der Waals surface area contributed by atoms with Crippen molar-refractivity contribution in [2.75, 3.05) is 0 Å². The molecular weight excluding hydrogens is 293 g/mol. The van der Waals surface area contributed by atoms with E-state index in [-0.39, 0.29) is 19.5 Å². The first kappa shape index (κ1) is 16.3. The second-order valence-corrected chi connectivity index (χ2v) is 4.44. The molecule has 0 unspecified atom stereocenters. The van der Waals surface area contributed by atoms with Gasteiger partial charge in [-0.2, -0.15) is 0 Å². The smallest absolute Gasteiger partial charge is 0 e. The van der Waals surface area contributed by atoms with Gasteiger partial charge in [-0.25, -0.2) is 0 Å². The molecular formula is C16H22Ru. The summed E-state index contributed by atoms with van der Waals surface area (Å²) < 4.78 is 0. The Bertz CT molecular complexity index is 350. The van der Waals surface area contributed by atoms with Crippen molar-refractivity contribution in [1.29, 1.82) is 0 Å². The Hall–Kier alpha value is -0.677. The van der Waals surface area contributed by atoms with Crippen LogP contribution in [0, 0.1) is 6.92 Å². The quantitative estimate of drug-likeness (QED) is 0.639. The van der Waals surface area contributed by atoms with Crippen LogP contribution in [-0.2, 0) is 19.5 Å². The van der Waals surface area contributed by atoms with Gasteiger partial charge in [-0.05, 0) is 36.8 Å². The van der Waals surface area contributed by atoms with Gasteiger partial charge in [-0.3, -0.25) is 0 Å². The van der Waals surface area contributed by atoms with Crippen LogP contribution in [0.25, 0.3) is 0 Å². The van der Waals surface area contributed by atoms with Crippen molar-refractivity contribution in [2.45, 2.75) is 39.5 Å². The van der Waals surface area contributed by atoms with Crippen molar-refractivity contribution >= 4 is 0 Å². The van der Waals surface area contributed by atoms with Crippen molar-refractivity contribution in [2.24, 2.45) is 0 Å². The summed E-state index contributed by atoms with van der Waals surface area (Å²) in [5, 5.41) is 0. The maximum Gasteiger partial charge on any atom is 0 e. The fraction of sp³-hybridized carbons (Fsp3) is 0.375. The van der Waals surface area contributed by atoms with Crippen LogP contribution >= 0.6 is 0 Å². The summed E-state index contributed by atoms with van der Waals surface area (Å²) in [6.07, 6.45) is 11.0. The Balaban J connectivity index is 0.000000316. The molecule has 0 bridgehead atoms. The number of aryl methyl sites for hydroxylation is 1. The van der Waals surface area contributed by atoms with Gasteiger partial charge in [0.15, 0.2) is 0 Å². The second kappa shape index (κ2) is 9.36. The standard InChI is InChI=1S/C10H14.C6H8.Ru/c1-8(2)10-7-5-4-6-9(10)3;1-2-4-6-5-3-1;/h4-8H,1-3H3;1-4H,5-6H2;. The molecule has 2 rings (SSSR count). The molecule has 17 heavy (non-hydrogen) atoms. The summed E-state index contributed by atoms with van der Waals surface area (Å²) in [5.74, 6) is 0.654. The number of allylic oxidation sites excluding steroid dienone is 4. The zero-order chi connectivity index (χ0) is 11.8. The zero-order valence-corrected chi connectivity index (χ0v) is 12.7. The minimum absolute atomic E-state index is 0. The first-order chi connectivity index (χ1) is 7.72. The molecule has 94 valence electrons. The van der Waals surface area contributed by atoms with Gasteiger partial charge in [0, 0.05) is 19.5 Å². The van der Waals surface area contributed by atoms with Gasteiger partial charge in [0.25, 0.3) is 0 Å². The molecule has 0 amide bonds. The predicted octanol–water partition coefficient (Wildman–Crippen LogP) is 5.01. The van der Waals surface area contributed by atoms with E-state index < -0.39 is 0 Å². The maximum atomic E-state index is 2.22. The zero-order valence-electron chi connectivity index (χ0n) is 11.0.